The van der Waals surface area contributed by atoms with E-state index in [1.54, 1.807) is 0 Å². The van der Waals surface area contributed by atoms with Gasteiger partial charge < -0.3 is 4.74 Å². The molecule has 0 saturated carbocycles. The predicted molar refractivity (Wildman–Crippen MR) is 60.5 cm³/mol. The number of ether oxygens (including phenoxy) is 1. The highest BCUT2D eigenvalue weighted by atomic mass is 79.9. The molecule has 0 bridgehead atoms. The van der Waals surface area contributed by atoms with Crippen molar-refractivity contribution < 1.29 is 22.7 Å². The van der Waals surface area contributed by atoms with E-state index in [0.717, 1.165) is 12.1 Å². The lowest BCUT2D eigenvalue weighted by Gasteiger charge is -2.10. The zero-order chi connectivity index (χ0) is 13.1. The average Bonchev–Trinajstić information content (AvgIpc) is 2.15. The summed E-state index contributed by atoms with van der Waals surface area (Å²) >= 11 is 8.42. The number of Topliss-reactive ketones (excluding diaryl/α,β-unsaturated/α-hetero) is 1. The third-order valence-corrected chi connectivity index (χ3v) is 2.64. The first kappa shape index (κ1) is 14.3. The second kappa shape index (κ2) is 5.73. The average molecular weight is 332 g/mol. The van der Waals surface area contributed by atoms with Crippen molar-refractivity contribution in [3.8, 4) is 5.75 Å². The molecule has 0 amide bonds. The van der Waals surface area contributed by atoms with Gasteiger partial charge in [0.05, 0.1) is 0 Å². The Morgan fingerprint density at radius 3 is 2.53 bits per heavy atom. The fourth-order valence-corrected chi connectivity index (χ4v) is 1.89. The van der Waals surface area contributed by atoms with E-state index in [9.17, 15) is 18.0 Å². The lowest BCUT2D eigenvalue weighted by atomic mass is 10.1. The highest BCUT2D eigenvalue weighted by Crippen LogP contribution is 2.28. The van der Waals surface area contributed by atoms with Gasteiger partial charge in [0, 0.05) is 22.3 Å². The number of hydrogen-bond acceptors (Lipinski definition) is 2. The van der Waals surface area contributed by atoms with Crippen molar-refractivity contribution in [3.63, 3.8) is 0 Å². The molecule has 0 aliphatic carbocycles. The van der Waals surface area contributed by atoms with Gasteiger partial charge in [-0.05, 0) is 34.1 Å². The van der Waals surface area contributed by atoms with Crippen LogP contribution in [0.2, 0.25) is 0 Å². The fourth-order valence-electron chi connectivity index (χ4n) is 1.14. The Morgan fingerprint density at radius 1 is 1.41 bits per heavy atom. The molecule has 0 spiro atoms. The van der Waals surface area contributed by atoms with E-state index in [2.05, 4.69) is 20.7 Å². The van der Waals surface area contributed by atoms with Crippen molar-refractivity contribution in [2.75, 3.05) is 5.88 Å². The topological polar surface area (TPSA) is 26.3 Å². The van der Waals surface area contributed by atoms with Crippen LogP contribution in [0.4, 0.5) is 13.2 Å². The SMILES string of the molecule is O=C(CCCl)c1ccc(OC(F)(F)F)cc1Br. The summed E-state index contributed by atoms with van der Waals surface area (Å²) in [6, 6.07) is 3.44. The molecule has 0 aliphatic rings. The number of hydrogen-bond donors (Lipinski definition) is 0. The summed E-state index contributed by atoms with van der Waals surface area (Å²) in [7, 11) is 0. The number of benzene rings is 1. The molecule has 0 saturated heterocycles. The van der Waals surface area contributed by atoms with E-state index < -0.39 is 6.36 Å². The molecule has 2 nitrogen and oxygen atoms in total. The van der Waals surface area contributed by atoms with E-state index in [4.69, 9.17) is 11.6 Å². The van der Waals surface area contributed by atoms with Crippen molar-refractivity contribution in [2.24, 2.45) is 0 Å². The molecule has 1 aromatic rings. The molecular formula is C10H7BrClF3O2. The van der Waals surface area contributed by atoms with Crippen LogP contribution < -0.4 is 4.74 Å². The van der Waals surface area contributed by atoms with Crippen molar-refractivity contribution in [2.45, 2.75) is 12.8 Å². The normalized spacial score (nSPS) is 11.4. The molecule has 17 heavy (non-hydrogen) atoms. The lowest BCUT2D eigenvalue weighted by molar-refractivity contribution is -0.274. The Morgan fingerprint density at radius 2 is 2.06 bits per heavy atom. The van der Waals surface area contributed by atoms with Gasteiger partial charge in [-0.15, -0.1) is 24.8 Å². The van der Waals surface area contributed by atoms with E-state index >= 15 is 0 Å². The number of rotatable bonds is 4. The molecule has 0 aromatic heterocycles. The minimum atomic E-state index is -4.75. The summed E-state index contributed by atoms with van der Waals surface area (Å²) < 4.78 is 39.7. The summed E-state index contributed by atoms with van der Waals surface area (Å²) in [6.07, 6.45) is -4.62. The fraction of sp³-hybridized carbons (Fsp3) is 0.300. The largest absolute Gasteiger partial charge is 0.573 e. The summed E-state index contributed by atoms with van der Waals surface area (Å²) in [5.74, 6) is -0.469. The Bertz CT molecular complexity index is 421. The van der Waals surface area contributed by atoms with Crippen LogP contribution in [0.1, 0.15) is 16.8 Å². The van der Waals surface area contributed by atoms with Crippen LogP contribution in [0.15, 0.2) is 22.7 Å². The van der Waals surface area contributed by atoms with Crippen molar-refractivity contribution >= 4 is 33.3 Å². The van der Waals surface area contributed by atoms with Gasteiger partial charge in [-0.3, -0.25) is 4.79 Å². The summed E-state index contributed by atoms with van der Waals surface area (Å²) in [4.78, 5) is 11.5. The van der Waals surface area contributed by atoms with Gasteiger partial charge in [-0.2, -0.15) is 0 Å². The molecule has 0 heterocycles. The molecule has 0 aliphatic heterocycles. The molecule has 0 radical (unpaired) electrons. The van der Waals surface area contributed by atoms with Gasteiger partial charge >= 0.3 is 6.36 Å². The van der Waals surface area contributed by atoms with Crippen LogP contribution in [-0.4, -0.2) is 18.0 Å². The first-order chi connectivity index (χ1) is 7.83. The lowest BCUT2D eigenvalue weighted by Crippen LogP contribution is -2.17. The third-order valence-electron chi connectivity index (χ3n) is 1.80. The maximum atomic E-state index is 11.9. The second-order valence-corrected chi connectivity index (χ2v) is 4.28. The molecule has 94 valence electrons. The summed E-state index contributed by atoms with van der Waals surface area (Å²) in [5.41, 5.74) is 0.278. The Balaban J connectivity index is 2.90. The first-order valence-electron chi connectivity index (χ1n) is 4.48. The van der Waals surface area contributed by atoms with Gasteiger partial charge in [0.1, 0.15) is 5.75 Å². The maximum absolute atomic E-state index is 11.9. The zero-order valence-electron chi connectivity index (χ0n) is 8.35. The number of halogens is 5. The Labute approximate surface area is 109 Å². The quantitative estimate of drug-likeness (QED) is 0.612. The van der Waals surface area contributed by atoms with E-state index in [0.29, 0.717) is 0 Å². The second-order valence-electron chi connectivity index (χ2n) is 3.05. The van der Waals surface area contributed by atoms with Gasteiger partial charge in [-0.1, -0.05) is 0 Å². The van der Waals surface area contributed by atoms with Gasteiger partial charge in [-0.25, -0.2) is 0 Å². The molecule has 0 fully saturated rings. The highest BCUT2D eigenvalue weighted by molar-refractivity contribution is 9.10. The molecule has 0 atom stereocenters. The molecule has 0 unspecified atom stereocenters. The molecular weight excluding hydrogens is 324 g/mol. The molecule has 1 aromatic carbocycles. The van der Waals surface area contributed by atoms with Crippen LogP contribution in [0, 0.1) is 0 Å². The van der Waals surface area contributed by atoms with E-state index in [1.807, 2.05) is 0 Å². The minimum Gasteiger partial charge on any atom is -0.406 e. The number of carbonyl (C=O) groups excluding carboxylic acids is 1. The van der Waals surface area contributed by atoms with E-state index in [-0.39, 0.29) is 33.9 Å². The smallest absolute Gasteiger partial charge is 0.406 e. The third kappa shape index (κ3) is 4.55. The maximum Gasteiger partial charge on any atom is 0.573 e. The van der Waals surface area contributed by atoms with Crippen LogP contribution in [-0.2, 0) is 0 Å². The predicted octanol–water partition coefficient (Wildman–Crippen LogP) is 4.16. The van der Waals surface area contributed by atoms with Gasteiger partial charge in [0.2, 0.25) is 0 Å². The van der Waals surface area contributed by atoms with Gasteiger partial charge in [0.25, 0.3) is 0 Å². The molecule has 1 rings (SSSR count). The summed E-state index contributed by atoms with van der Waals surface area (Å²) in [5, 5.41) is 0. The number of ketones is 1. The monoisotopic (exact) mass is 330 g/mol. The highest BCUT2D eigenvalue weighted by Gasteiger charge is 2.31. The number of alkyl halides is 4. The van der Waals surface area contributed by atoms with Gasteiger partial charge in [0.15, 0.2) is 5.78 Å². The Kier molecular flexibility index (Phi) is 4.82. The van der Waals surface area contributed by atoms with Crippen LogP contribution in [0.25, 0.3) is 0 Å². The van der Waals surface area contributed by atoms with Crippen LogP contribution in [0.5, 0.6) is 5.75 Å². The van der Waals surface area contributed by atoms with Crippen LogP contribution in [0.3, 0.4) is 0 Å². The van der Waals surface area contributed by atoms with E-state index in [1.165, 1.54) is 6.07 Å². The number of carbonyl (C=O) groups is 1. The van der Waals surface area contributed by atoms with Crippen molar-refractivity contribution in [1.29, 1.82) is 0 Å². The van der Waals surface area contributed by atoms with Crippen molar-refractivity contribution in [1.82, 2.24) is 0 Å². The molecule has 7 heteroatoms. The summed E-state index contributed by atoms with van der Waals surface area (Å²) in [6.45, 7) is 0. The minimum absolute atomic E-state index is 0.125. The first-order valence-corrected chi connectivity index (χ1v) is 5.80. The Hall–Kier alpha value is -0.750. The molecule has 0 N–H and O–H groups in total. The zero-order valence-corrected chi connectivity index (χ0v) is 10.7. The van der Waals surface area contributed by atoms with Crippen LogP contribution >= 0.6 is 27.5 Å². The standard InChI is InChI=1S/C10H7BrClF3O2/c11-8-5-6(17-10(13,14)15)1-2-7(8)9(16)3-4-12/h1-2,5H,3-4H2. The van der Waals surface area contributed by atoms with Crippen molar-refractivity contribution in [3.05, 3.63) is 28.2 Å².